The third-order valence-corrected chi connectivity index (χ3v) is 5.60. The van der Waals surface area contributed by atoms with E-state index in [0.29, 0.717) is 6.04 Å². The van der Waals surface area contributed by atoms with Crippen LogP contribution in [0.5, 0.6) is 0 Å². The van der Waals surface area contributed by atoms with Crippen LogP contribution < -0.4 is 10.6 Å². The summed E-state index contributed by atoms with van der Waals surface area (Å²) in [4.78, 5) is 17.2. The minimum atomic E-state index is -0.256. The Morgan fingerprint density at radius 3 is 2.15 bits per heavy atom. The van der Waals surface area contributed by atoms with E-state index in [1.165, 1.54) is 5.69 Å². The van der Waals surface area contributed by atoms with Crippen molar-refractivity contribution in [3.63, 3.8) is 0 Å². The van der Waals surface area contributed by atoms with E-state index < -0.39 is 0 Å². The van der Waals surface area contributed by atoms with Gasteiger partial charge in [-0.25, -0.2) is 0 Å². The summed E-state index contributed by atoms with van der Waals surface area (Å²) >= 11 is 0. The second-order valence-corrected chi connectivity index (χ2v) is 7.23. The molecule has 1 aliphatic heterocycles. The van der Waals surface area contributed by atoms with E-state index >= 15 is 0 Å². The molecule has 1 aliphatic rings. The van der Waals surface area contributed by atoms with Crippen molar-refractivity contribution in [2.24, 2.45) is 11.7 Å². The quantitative estimate of drug-likeness (QED) is 0.898. The van der Waals surface area contributed by atoms with Gasteiger partial charge in [0.2, 0.25) is 5.91 Å². The zero-order valence-electron chi connectivity index (χ0n) is 15.7. The van der Waals surface area contributed by atoms with Gasteiger partial charge in [0.05, 0.1) is 5.92 Å². The zero-order chi connectivity index (χ0) is 18.5. The molecule has 1 saturated heterocycles. The van der Waals surface area contributed by atoms with Gasteiger partial charge in [-0.15, -0.1) is 0 Å². The van der Waals surface area contributed by atoms with Crippen molar-refractivity contribution in [1.29, 1.82) is 0 Å². The summed E-state index contributed by atoms with van der Waals surface area (Å²) in [6, 6.07) is 20.6. The lowest BCUT2D eigenvalue weighted by Crippen LogP contribution is -2.48. The van der Waals surface area contributed by atoms with Crippen LogP contribution in [-0.2, 0) is 4.79 Å². The first-order valence-corrected chi connectivity index (χ1v) is 9.45. The molecule has 1 amide bonds. The van der Waals surface area contributed by atoms with E-state index in [4.69, 9.17) is 5.73 Å². The maximum atomic E-state index is 12.9. The molecular weight excluding hydrogens is 322 g/mol. The first-order valence-electron chi connectivity index (χ1n) is 9.45. The predicted octanol–water partition coefficient (Wildman–Crippen LogP) is 3.45. The number of carbonyl (C=O) groups is 1. The maximum absolute atomic E-state index is 12.9. The normalized spacial score (nSPS) is 17.6. The number of para-hydroxylation sites is 1. The summed E-state index contributed by atoms with van der Waals surface area (Å²) in [5, 5.41) is 0. The molecule has 138 valence electrons. The van der Waals surface area contributed by atoms with Gasteiger partial charge in [-0.1, -0.05) is 55.5 Å². The maximum Gasteiger partial charge on any atom is 0.227 e. The van der Waals surface area contributed by atoms with Crippen molar-refractivity contribution >= 4 is 11.6 Å². The van der Waals surface area contributed by atoms with Gasteiger partial charge in [0.1, 0.15) is 0 Å². The molecule has 1 heterocycles. The summed E-state index contributed by atoms with van der Waals surface area (Å²) in [5.41, 5.74) is 8.60. The van der Waals surface area contributed by atoms with Gasteiger partial charge in [-0.3, -0.25) is 4.79 Å². The first kappa shape index (κ1) is 18.5. The number of likely N-dealkylation sites (tertiary alicyclic amines) is 1. The number of amides is 1. The molecule has 2 aromatic carbocycles. The van der Waals surface area contributed by atoms with Crippen molar-refractivity contribution in [2.75, 3.05) is 25.0 Å². The fourth-order valence-electron chi connectivity index (χ4n) is 3.75. The lowest BCUT2D eigenvalue weighted by molar-refractivity contribution is -0.136. The Balaban J connectivity index is 1.56. The highest BCUT2D eigenvalue weighted by Crippen LogP contribution is 2.25. The smallest absolute Gasteiger partial charge is 0.227 e. The van der Waals surface area contributed by atoms with E-state index in [1.807, 2.05) is 48.2 Å². The summed E-state index contributed by atoms with van der Waals surface area (Å²) in [6.07, 6.45) is 1.98. The number of benzene rings is 2. The third kappa shape index (κ3) is 4.07. The summed E-state index contributed by atoms with van der Waals surface area (Å²) < 4.78 is 0. The number of nitrogens with two attached hydrogens (primary N) is 1. The Morgan fingerprint density at radius 1 is 1.04 bits per heavy atom. The highest BCUT2D eigenvalue weighted by Gasteiger charge is 2.30. The van der Waals surface area contributed by atoms with Crippen LogP contribution in [0.2, 0.25) is 0 Å². The number of nitrogens with zero attached hydrogens (tertiary/aromatic N) is 2. The first-order chi connectivity index (χ1) is 12.6. The van der Waals surface area contributed by atoms with Crippen LogP contribution >= 0.6 is 0 Å². The molecule has 2 atom stereocenters. The number of hydrogen-bond acceptors (Lipinski definition) is 3. The van der Waals surface area contributed by atoms with Crippen LogP contribution in [0, 0.1) is 5.92 Å². The van der Waals surface area contributed by atoms with E-state index in [1.54, 1.807) is 0 Å². The molecule has 0 aliphatic carbocycles. The predicted molar refractivity (Wildman–Crippen MR) is 107 cm³/mol. The van der Waals surface area contributed by atoms with Crippen molar-refractivity contribution in [2.45, 2.75) is 31.8 Å². The fourth-order valence-corrected chi connectivity index (χ4v) is 3.75. The summed E-state index contributed by atoms with van der Waals surface area (Å²) in [6.45, 7) is 3.54. The zero-order valence-corrected chi connectivity index (χ0v) is 15.7. The van der Waals surface area contributed by atoms with E-state index in [2.05, 4.69) is 36.2 Å². The Labute approximate surface area is 156 Å². The standard InChI is InChI=1S/C22H29N3O/c1-17(21(23)18-9-5-3-6-10-18)22(26)25-15-13-20(14-16-25)24(2)19-11-7-4-8-12-19/h3-12,17,20-21H,13-16,23H2,1-2H3. The van der Waals surface area contributed by atoms with Crippen molar-refractivity contribution in [1.82, 2.24) is 4.90 Å². The van der Waals surface area contributed by atoms with Gasteiger partial charge in [-0.05, 0) is 30.5 Å². The molecule has 2 unspecified atom stereocenters. The average Bonchev–Trinajstić information content (AvgIpc) is 2.73. The Hall–Kier alpha value is -2.33. The number of hydrogen-bond donors (Lipinski definition) is 1. The Morgan fingerprint density at radius 2 is 1.58 bits per heavy atom. The Kier molecular flexibility index (Phi) is 5.94. The molecule has 0 aromatic heterocycles. The van der Waals surface area contributed by atoms with Gasteiger partial charge in [0.25, 0.3) is 0 Å². The number of rotatable bonds is 5. The molecule has 4 nitrogen and oxygen atoms in total. The topological polar surface area (TPSA) is 49.6 Å². The average molecular weight is 351 g/mol. The minimum absolute atomic E-state index is 0.169. The van der Waals surface area contributed by atoms with Crippen LogP contribution in [0.25, 0.3) is 0 Å². The van der Waals surface area contributed by atoms with Gasteiger partial charge in [0, 0.05) is 37.9 Å². The molecule has 2 aromatic rings. The fraction of sp³-hybridized carbons (Fsp3) is 0.409. The molecule has 2 N–H and O–H groups in total. The van der Waals surface area contributed by atoms with Crippen LogP contribution in [0.1, 0.15) is 31.4 Å². The largest absolute Gasteiger partial charge is 0.371 e. The SMILES string of the molecule is CC(C(=O)N1CCC(N(C)c2ccccc2)CC1)C(N)c1ccccc1. The molecule has 1 fully saturated rings. The second-order valence-electron chi connectivity index (χ2n) is 7.23. The molecule has 0 saturated carbocycles. The highest BCUT2D eigenvalue weighted by molar-refractivity contribution is 5.79. The van der Waals surface area contributed by atoms with Gasteiger partial charge in [-0.2, -0.15) is 0 Å². The molecule has 0 spiro atoms. The lowest BCUT2D eigenvalue weighted by Gasteiger charge is -2.39. The summed E-state index contributed by atoms with van der Waals surface area (Å²) in [5.74, 6) is -0.0389. The van der Waals surface area contributed by atoms with Crippen molar-refractivity contribution in [3.05, 3.63) is 66.2 Å². The molecule has 26 heavy (non-hydrogen) atoms. The Bertz CT molecular complexity index is 696. The van der Waals surface area contributed by atoms with E-state index in [0.717, 1.165) is 31.5 Å². The highest BCUT2D eigenvalue weighted by atomic mass is 16.2. The molecule has 0 bridgehead atoms. The second kappa shape index (κ2) is 8.37. The third-order valence-electron chi connectivity index (χ3n) is 5.60. The van der Waals surface area contributed by atoms with E-state index in [9.17, 15) is 4.79 Å². The van der Waals surface area contributed by atoms with E-state index in [-0.39, 0.29) is 17.9 Å². The summed E-state index contributed by atoms with van der Waals surface area (Å²) in [7, 11) is 2.14. The van der Waals surface area contributed by atoms with Crippen molar-refractivity contribution < 1.29 is 4.79 Å². The van der Waals surface area contributed by atoms with Crippen LogP contribution in [0.4, 0.5) is 5.69 Å². The number of carbonyl (C=O) groups excluding carboxylic acids is 1. The minimum Gasteiger partial charge on any atom is -0.371 e. The molecule has 4 heteroatoms. The lowest BCUT2D eigenvalue weighted by atomic mass is 9.93. The number of piperidine rings is 1. The van der Waals surface area contributed by atoms with Crippen LogP contribution in [-0.4, -0.2) is 37.0 Å². The van der Waals surface area contributed by atoms with Gasteiger partial charge in [0.15, 0.2) is 0 Å². The van der Waals surface area contributed by atoms with Crippen LogP contribution in [0.15, 0.2) is 60.7 Å². The molecular formula is C22H29N3O. The number of anilines is 1. The van der Waals surface area contributed by atoms with Gasteiger partial charge < -0.3 is 15.5 Å². The van der Waals surface area contributed by atoms with Crippen LogP contribution in [0.3, 0.4) is 0 Å². The van der Waals surface area contributed by atoms with Crippen molar-refractivity contribution in [3.8, 4) is 0 Å². The van der Waals surface area contributed by atoms with Gasteiger partial charge >= 0.3 is 0 Å². The molecule has 3 rings (SSSR count). The monoisotopic (exact) mass is 351 g/mol. The molecule has 0 radical (unpaired) electrons.